The number of nitro groups is 1. The van der Waals surface area contributed by atoms with E-state index in [4.69, 9.17) is 4.74 Å². The minimum atomic E-state index is -0.481. The number of benzene rings is 2. The van der Waals surface area contributed by atoms with Crippen LogP contribution in [0.25, 0.3) is 6.08 Å². The van der Waals surface area contributed by atoms with E-state index in [0.717, 1.165) is 5.69 Å². The van der Waals surface area contributed by atoms with E-state index >= 15 is 0 Å². The quantitative estimate of drug-likeness (QED) is 0.471. The van der Waals surface area contributed by atoms with Crippen molar-refractivity contribution in [2.24, 2.45) is 0 Å². The molecule has 0 bridgehead atoms. The molecule has 1 aliphatic rings. The Hall–Kier alpha value is -3.68. The molecule has 28 heavy (non-hydrogen) atoms. The summed E-state index contributed by atoms with van der Waals surface area (Å²) in [4.78, 5) is 36.2. The largest absolute Gasteiger partial charge is 0.497 e. The second kappa shape index (κ2) is 8.34. The van der Waals surface area contributed by atoms with Crippen LogP contribution in [0.4, 0.5) is 11.4 Å². The molecule has 1 saturated heterocycles. The zero-order valence-corrected chi connectivity index (χ0v) is 15.2. The zero-order valence-electron chi connectivity index (χ0n) is 15.2. The summed E-state index contributed by atoms with van der Waals surface area (Å²) in [5, 5.41) is 13.5. The van der Waals surface area contributed by atoms with Gasteiger partial charge in [0.25, 0.3) is 5.69 Å². The molecule has 1 atom stereocenters. The zero-order chi connectivity index (χ0) is 20.1. The number of amides is 2. The Kier molecular flexibility index (Phi) is 5.69. The number of ether oxygens (including phenoxy) is 1. The Morgan fingerprint density at radius 2 is 2.04 bits per heavy atom. The highest BCUT2D eigenvalue weighted by Gasteiger charge is 2.31. The van der Waals surface area contributed by atoms with Gasteiger partial charge in [-0.2, -0.15) is 0 Å². The smallest absolute Gasteiger partial charge is 0.269 e. The number of nitrogens with one attached hydrogen (secondary N) is 1. The van der Waals surface area contributed by atoms with Gasteiger partial charge in [0.1, 0.15) is 5.75 Å². The van der Waals surface area contributed by atoms with Crippen molar-refractivity contribution in [2.45, 2.75) is 12.5 Å². The van der Waals surface area contributed by atoms with E-state index in [1.54, 1.807) is 48.4 Å². The number of rotatable bonds is 6. The van der Waals surface area contributed by atoms with Crippen molar-refractivity contribution in [1.82, 2.24) is 5.32 Å². The van der Waals surface area contributed by atoms with E-state index in [1.807, 2.05) is 6.07 Å². The number of carbonyl (C=O) groups is 2. The van der Waals surface area contributed by atoms with Crippen LogP contribution in [-0.4, -0.2) is 36.4 Å². The molecule has 1 fully saturated rings. The first-order chi connectivity index (χ1) is 13.5. The molecule has 8 nitrogen and oxygen atoms in total. The van der Waals surface area contributed by atoms with Crippen molar-refractivity contribution < 1.29 is 19.2 Å². The van der Waals surface area contributed by atoms with Gasteiger partial charge in [-0.05, 0) is 35.9 Å². The van der Waals surface area contributed by atoms with Crippen molar-refractivity contribution >= 4 is 29.3 Å². The van der Waals surface area contributed by atoms with Gasteiger partial charge in [0.2, 0.25) is 11.8 Å². The highest BCUT2D eigenvalue weighted by Crippen LogP contribution is 2.25. The van der Waals surface area contributed by atoms with Crippen LogP contribution in [0, 0.1) is 10.1 Å². The summed E-state index contributed by atoms with van der Waals surface area (Å²) in [5.74, 6) is 0.255. The minimum Gasteiger partial charge on any atom is -0.497 e. The lowest BCUT2D eigenvalue weighted by Crippen LogP contribution is -2.36. The summed E-state index contributed by atoms with van der Waals surface area (Å²) >= 11 is 0. The van der Waals surface area contributed by atoms with E-state index in [9.17, 15) is 19.7 Å². The molecule has 2 aromatic rings. The summed E-state index contributed by atoms with van der Waals surface area (Å²) < 4.78 is 5.18. The summed E-state index contributed by atoms with van der Waals surface area (Å²) in [6, 6.07) is 12.8. The van der Waals surface area contributed by atoms with Gasteiger partial charge < -0.3 is 15.0 Å². The van der Waals surface area contributed by atoms with E-state index in [1.165, 1.54) is 18.2 Å². The van der Waals surface area contributed by atoms with E-state index in [-0.39, 0.29) is 30.0 Å². The Bertz CT molecular complexity index is 924. The van der Waals surface area contributed by atoms with Crippen LogP contribution in [0.3, 0.4) is 0 Å². The molecule has 1 N–H and O–H groups in total. The third kappa shape index (κ3) is 4.53. The fourth-order valence-electron chi connectivity index (χ4n) is 2.96. The average molecular weight is 381 g/mol. The minimum absolute atomic E-state index is 0.0105. The van der Waals surface area contributed by atoms with E-state index in [2.05, 4.69) is 5.32 Å². The maximum atomic E-state index is 12.3. The van der Waals surface area contributed by atoms with Crippen molar-refractivity contribution in [3.8, 4) is 5.75 Å². The number of non-ortho nitro benzene ring substituents is 1. The molecule has 2 amide bonds. The van der Waals surface area contributed by atoms with E-state index in [0.29, 0.717) is 17.9 Å². The van der Waals surface area contributed by atoms with Gasteiger partial charge in [-0.3, -0.25) is 19.7 Å². The number of hydrogen-bond donors (Lipinski definition) is 1. The van der Waals surface area contributed by atoms with Gasteiger partial charge in [0.05, 0.1) is 18.1 Å². The molecule has 0 spiro atoms. The van der Waals surface area contributed by atoms with E-state index < -0.39 is 4.92 Å². The Balaban J connectivity index is 1.58. The third-order valence-corrected chi connectivity index (χ3v) is 4.37. The first kappa shape index (κ1) is 19.1. The summed E-state index contributed by atoms with van der Waals surface area (Å²) in [6.45, 7) is 0.378. The maximum absolute atomic E-state index is 12.3. The second-order valence-corrected chi connectivity index (χ2v) is 6.30. The Morgan fingerprint density at radius 1 is 1.29 bits per heavy atom. The van der Waals surface area contributed by atoms with Crippen LogP contribution in [0.2, 0.25) is 0 Å². The monoisotopic (exact) mass is 381 g/mol. The second-order valence-electron chi connectivity index (χ2n) is 6.30. The van der Waals surface area contributed by atoms with Crippen LogP contribution < -0.4 is 15.0 Å². The molecule has 1 aliphatic heterocycles. The van der Waals surface area contributed by atoms with Crippen molar-refractivity contribution in [3.05, 3.63) is 70.3 Å². The number of methoxy groups -OCH3 is 1. The normalized spacial score (nSPS) is 16.4. The van der Waals surface area contributed by atoms with Gasteiger partial charge >= 0.3 is 0 Å². The number of nitrogens with zero attached hydrogens (tertiary/aromatic N) is 2. The van der Waals surface area contributed by atoms with Crippen LogP contribution >= 0.6 is 0 Å². The number of anilines is 1. The molecule has 2 aromatic carbocycles. The number of carbonyl (C=O) groups excluding carboxylic acids is 2. The van der Waals surface area contributed by atoms with Gasteiger partial charge in [0, 0.05) is 42.9 Å². The first-order valence-electron chi connectivity index (χ1n) is 8.63. The lowest BCUT2D eigenvalue weighted by atomic mass is 10.2. The fraction of sp³-hybridized carbons (Fsp3) is 0.200. The predicted octanol–water partition coefficient (Wildman–Crippen LogP) is 2.54. The molecule has 8 heteroatoms. The Morgan fingerprint density at radius 3 is 2.71 bits per heavy atom. The molecule has 0 aliphatic carbocycles. The standard InChI is InChI=1S/C20H19N3O5/c1-28-18-4-2-3-17(12-18)22-13-15(11-20(22)25)21-19(24)10-7-14-5-8-16(9-6-14)23(26)27/h2-10,12,15H,11,13H2,1H3,(H,21,24)/b10-7-/t15-/m0/s1. The van der Waals surface area contributed by atoms with Crippen molar-refractivity contribution in [3.63, 3.8) is 0 Å². The highest BCUT2D eigenvalue weighted by atomic mass is 16.6. The van der Waals surface area contributed by atoms with Crippen molar-refractivity contribution in [2.75, 3.05) is 18.6 Å². The van der Waals surface area contributed by atoms with Crippen LogP contribution in [-0.2, 0) is 9.59 Å². The predicted molar refractivity (Wildman–Crippen MR) is 104 cm³/mol. The summed E-state index contributed by atoms with van der Waals surface area (Å²) in [6.07, 6.45) is 3.13. The SMILES string of the molecule is COc1cccc(N2C[C@@H](NC(=O)/C=C\c3ccc([N+](=O)[O-])cc3)CC2=O)c1. The fourth-order valence-corrected chi connectivity index (χ4v) is 2.96. The highest BCUT2D eigenvalue weighted by molar-refractivity contribution is 5.98. The van der Waals surface area contributed by atoms with Gasteiger partial charge in [-0.15, -0.1) is 0 Å². The first-order valence-corrected chi connectivity index (χ1v) is 8.63. The van der Waals surface area contributed by atoms with Crippen LogP contribution in [0.1, 0.15) is 12.0 Å². The Labute approximate surface area is 161 Å². The lowest BCUT2D eigenvalue weighted by Gasteiger charge is -2.17. The summed E-state index contributed by atoms with van der Waals surface area (Å²) in [5.41, 5.74) is 1.38. The molecular weight excluding hydrogens is 362 g/mol. The summed E-state index contributed by atoms with van der Waals surface area (Å²) in [7, 11) is 1.56. The molecule has 0 saturated carbocycles. The molecule has 3 rings (SSSR count). The molecule has 0 radical (unpaired) electrons. The van der Waals surface area contributed by atoms with Crippen molar-refractivity contribution in [1.29, 1.82) is 0 Å². The topological polar surface area (TPSA) is 102 Å². The molecule has 144 valence electrons. The van der Waals surface area contributed by atoms with Gasteiger partial charge in [0.15, 0.2) is 0 Å². The van der Waals surface area contributed by atoms with Gasteiger partial charge in [-0.25, -0.2) is 0 Å². The number of hydrogen-bond acceptors (Lipinski definition) is 5. The van der Waals surface area contributed by atoms with Gasteiger partial charge in [-0.1, -0.05) is 6.07 Å². The molecular formula is C20H19N3O5. The molecule has 1 heterocycles. The number of nitro benzene ring substituents is 1. The third-order valence-electron chi connectivity index (χ3n) is 4.37. The molecule has 0 unspecified atom stereocenters. The lowest BCUT2D eigenvalue weighted by molar-refractivity contribution is -0.384. The average Bonchev–Trinajstić information content (AvgIpc) is 3.06. The molecule has 0 aromatic heterocycles. The van der Waals surface area contributed by atoms with Crippen LogP contribution in [0.5, 0.6) is 5.75 Å². The van der Waals surface area contributed by atoms with Crippen LogP contribution in [0.15, 0.2) is 54.6 Å². The maximum Gasteiger partial charge on any atom is 0.269 e.